The summed E-state index contributed by atoms with van der Waals surface area (Å²) < 4.78 is 18.9. The Kier molecular flexibility index (Phi) is 6.48. The number of aromatic amines is 1. The summed E-state index contributed by atoms with van der Waals surface area (Å²) in [5, 5.41) is 3.66. The maximum atomic E-state index is 13.2. The van der Waals surface area contributed by atoms with Crippen LogP contribution in [0.1, 0.15) is 17.4 Å². The largest absolute Gasteiger partial charge is 0.464 e. The minimum Gasteiger partial charge on any atom is -0.464 e. The summed E-state index contributed by atoms with van der Waals surface area (Å²) in [5.74, 6) is -1.01. The maximum Gasteiger partial charge on any atom is 0.356 e. The first-order valence-corrected chi connectivity index (χ1v) is 11.1. The van der Waals surface area contributed by atoms with Gasteiger partial charge in [-0.2, -0.15) is 0 Å². The fourth-order valence-electron chi connectivity index (χ4n) is 3.96. The van der Waals surface area contributed by atoms with Crippen LogP contribution in [0, 0.1) is 5.82 Å². The number of benzene rings is 2. The Morgan fingerprint density at radius 1 is 1.12 bits per heavy atom. The molecular formula is C23H24BrFN4O3. The molecule has 9 heteroatoms. The van der Waals surface area contributed by atoms with E-state index in [1.807, 2.05) is 25.1 Å². The smallest absolute Gasteiger partial charge is 0.356 e. The number of carbonyl (C=O) groups is 2. The Morgan fingerprint density at radius 3 is 2.47 bits per heavy atom. The zero-order valence-electron chi connectivity index (χ0n) is 17.8. The van der Waals surface area contributed by atoms with Crippen molar-refractivity contribution in [1.82, 2.24) is 9.88 Å². The molecule has 0 bridgehead atoms. The molecule has 1 amide bonds. The van der Waals surface area contributed by atoms with E-state index in [1.165, 1.54) is 19.2 Å². The molecule has 4 rings (SSSR count). The zero-order chi connectivity index (χ0) is 22.8. The second kappa shape index (κ2) is 9.30. The van der Waals surface area contributed by atoms with Crippen molar-refractivity contribution in [3.05, 3.63) is 58.4 Å². The molecule has 2 heterocycles. The Hall–Kier alpha value is -2.91. The van der Waals surface area contributed by atoms with Crippen molar-refractivity contribution in [2.45, 2.75) is 13.0 Å². The maximum absolute atomic E-state index is 13.2. The molecule has 0 aliphatic carbocycles. The lowest BCUT2D eigenvalue weighted by Crippen LogP contribution is -2.52. The Labute approximate surface area is 193 Å². The van der Waals surface area contributed by atoms with Crippen molar-refractivity contribution in [2.24, 2.45) is 0 Å². The van der Waals surface area contributed by atoms with E-state index < -0.39 is 12.0 Å². The molecule has 0 saturated carbocycles. The fourth-order valence-corrected chi connectivity index (χ4v) is 4.32. The number of nitrogens with zero attached hydrogens (tertiary/aromatic N) is 2. The number of methoxy groups -OCH3 is 1. The molecule has 1 atom stereocenters. The van der Waals surface area contributed by atoms with Crippen LogP contribution in [0.25, 0.3) is 10.9 Å². The summed E-state index contributed by atoms with van der Waals surface area (Å²) >= 11 is 3.44. The molecule has 1 unspecified atom stereocenters. The van der Waals surface area contributed by atoms with E-state index in [0.29, 0.717) is 18.8 Å². The standard InChI is InChI=1S/C23H24BrFN4O3/c1-14(28-9-11-29(12-10-28)17-6-4-16(25)5-7-17)22(30)27-20-18-13-15(24)3-8-19(18)26-21(20)23(31)32-2/h3-8,13-14,26H,9-12H2,1-2H3,(H,27,30). The normalized spacial score (nSPS) is 15.6. The molecule has 7 nitrogen and oxygen atoms in total. The van der Waals surface area contributed by atoms with Crippen LogP contribution in [0.5, 0.6) is 0 Å². The second-order valence-electron chi connectivity index (χ2n) is 7.72. The lowest BCUT2D eigenvalue weighted by Gasteiger charge is -2.38. The van der Waals surface area contributed by atoms with E-state index in [2.05, 4.69) is 36.0 Å². The van der Waals surface area contributed by atoms with Gasteiger partial charge in [0.1, 0.15) is 11.5 Å². The lowest BCUT2D eigenvalue weighted by atomic mass is 10.1. The second-order valence-corrected chi connectivity index (χ2v) is 8.64. The summed E-state index contributed by atoms with van der Waals surface area (Å²) in [4.78, 5) is 32.7. The van der Waals surface area contributed by atoms with Gasteiger partial charge in [0.2, 0.25) is 5.91 Å². The van der Waals surface area contributed by atoms with Crippen molar-refractivity contribution in [2.75, 3.05) is 43.5 Å². The minimum atomic E-state index is -0.548. The number of carbonyl (C=O) groups excluding carboxylic acids is 2. The third kappa shape index (κ3) is 4.49. The van der Waals surface area contributed by atoms with Crippen LogP contribution in [-0.2, 0) is 9.53 Å². The average Bonchev–Trinajstić information content (AvgIpc) is 3.16. The molecule has 2 aromatic carbocycles. The number of anilines is 2. The number of H-pyrrole nitrogens is 1. The monoisotopic (exact) mass is 502 g/mol. The van der Waals surface area contributed by atoms with Gasteiger partial charge in [-0.1, -0.05) is 15.9 Å². The Morgan fingerprint density at radius 2 is 1.81 bits per heavy atom. The van der Waals surface area contributed by atoms with E-state index in [9.17, 15) is 14.0 Å². The number of nitrogens with one attached hydrogen (secondary N) is 2. The molecule has 0 spiro atoms. The molecular weight excluding hydrogens is 479 g/mol. The zero-order valence-corrected chi connectivity index (χ0v) is 19.4. The molecule has 2 N–H and O–H groups in total. The van der Waals surface area contributed by atoms with Gasteiger partial charge in [-0.25, -0.2) is 9.18 Å². The minimum absolute atomic E-state index is 0.203. The lowest BCUT2D eigenvalue weighted by molar-refractivity contribution is -0.120. The van der Waals surface area contributed by atoms with Crippen LogP contribution in [-0.4, -0.2) is 61.1 Å². The number of rotatable bonds is 5. The van der Waals surface area contributed by atoms with Crippen LogP contribution in [0.15, 0.2) is 46.9 Å². The highest BCUT2D eigenvalue weighted by Gasteiger charge is 2.28. The predicted octanol–water partition coefficient (Wildman–Crippen LogP) is 4.01. The highest BCUT2D eigenvalue weighted by atomic mass is 79.9. The quantitative estimate of drug-likeness (QED) is 0.515. The number of halogens is 2. The van der Waals surface area contributed by atoms with Crippen LogP contribution in [0.4, 0.5) is 15.8 Å². The molecule has 1 aromatic heterocycles. The van der Waals surface area contributed by atoms with Gasteiger partial charge in [0.25, 0.3) is 0 Å². The summed E-state index contributed by atoms with van der Waals surface area (Å²) in [6, 6.07) is 11.6. The molecule has 1 aliphatic heterocycles. The summed E-state index contributed by atoms with van der Waals surface area (Å²) in [5.41, 5.74) is 2.32. The van der Waals surface area contributed by atoms with Gasteiger partial charge in [-0.05, 0) is 49.4 Å². The van der Waals surface area contributed by atoms with E-state index in [1.54, 1.807) is 12.1 Å². The van der Waals surface area contributed by atoms with Gasteiger partial charge in [0.05, 0.1) is 18.8 Å². The third-order valence-electron chi connectivity index (χ3n) is 5.83. The molecule has 1 fully saturated rings. The number of hydrogen-bond acceptors (Lipinski definition) is 5. The number of aromatic nitrogens is 1. The number of ether oxygens (including phenoxy) is 1. The average molecular weight is 503 g/mol. The summed E-state index contributed by atoms with van der Waals surface area (Å²) in [6.45, 7) is 4.70. The van der Waals surface area contributed by atoms with E-state index in [-0.39, 0.29) is 17.4 Å². The van der Waals surface area contributed by atoms with Crippen molar-refractivity contribution in [3.63, 3.8) is 0 Å². The van der Waals surface area contributed by atoms with Gasteiger partial charge >= 0.3 is 5.97 Å². The first kappa shape index (κ1) is 22.3. The van der Waals surface area contributed by atoms with Gasteiger partial charge in [-0.15, -0.1) is 0 Å². The van der Waals surface area contributed by atoms with Gasteiger partial charge in [0.15, 0.2) is 0 Å². The molecule has 32 heavy (non-hydrogen) atoms. The van der Waals surface area contributed by atoms with Crippen molar-refractivity contribution in [3.8, 4) is 0 Å². The SMILES string of the molecule is COC(=O)c1[nH]c2ccc(Br)cc2c1NC(=O)C(C)N1CCN(c2ccc(F)cc2)CC1. The number of esters is 1. The molecule has 0 radical (unpaired) electrons. The predicted molar refractivity (Wildman–Crippen MR) is 126 cm³/mol. The molecule has 1 aliphatic rings. The third-order valence-corrected chi connectivity index (χ3v) is 6.32. The van der Waals surface area contributed by atoms with Gasteiger partial charge in [0, 0.05) is 47.2 Å². The van der Waals surface area contributed by atoms with Crippen molar-refractivity contribution in [1.29, 1.82) is 0 Å². The highest BCUT2D eigenvalue weighted by Crippen LogP contribution is 2.31. The fraction of sp³-hybridized carbons (Fsp3) is 0.304. The molecule has 1 saturated heterocycles. The Balaban J connectivity index is 1.47. The topological polar surface area (TPSA) is 77.7 Å². The number of hydrogen-bond donors (Lipinski definition) is 2. The van der Waals surface area contributed by atoms with Crippen LogP contribution < -0.4 is 10.2 Å². The van der Waals surface area contributed by atoms with Crippen LogP contribution in [0.2, 0.25) is 0 Å². The summed E-state index contributed by atoms with van der Waals surface area (Å²) in [7, 11) is 1.30. The van der Waals surface area contributed by atoms with E-state index in [0.717, 1.165) is 34.2 Å². The van der Waals surface area contributed by atoms with Gasteiger partial charge < -0.3 is 19.9 Å². The van der Waals surface area contributed by atoms with E-state index >= 15 is 0 Å². The first-order chi connectivity index (χ1) is 15.4. The van der Waals surface area contributed by atoms with Crippen molar-refractivity contribution < 1.29 is 18.7 Å². The van der Waals surface area contributed by atoms with Crippen LogP contribution in [0.3, 0.4) is 0 Å². The van der Waals surface area contributed by atoms with Gasteiger partial charge in [-0.3, -0.25) is 9.69 Å². The Bertz CT molecular complexity index is 1140. The number of amides is 1. The highest BCUT2D eigenvalue weighted by molar-refractivity contribution is 9.10. The number of piperazine rings is 1. The van der Waals surface area contributed by atoms with Crippen molar-refractivity contribution >= 4 is 50.1 Å². The van der Waals surface area contributed by atoms with E-state index in [4.69, 9.17) is 4.74 Å². The number of fused-ring (bicyclic) bond motifs is 1. The molecule has 168 valence electrons. The van der Waals surface area contributed by atoms with Crippen LogP contribution >= 0.6 is 15.9 Å². The summed E-state index contributed by atoms with van der Waals surface area (Å²) in [6.07, 6.45) is 0. The molecule has 3 aromatic rings. The first-order valence-electron chi connectivity index (χ1n) is 10.3.